The van der Waals surface area contributed by atoms with E-state index in [0.29, 0.717) is 28.0 Å². The van der Waals surface area contributed by atoms with Crippen LogP contribution in [0.4, 0.5) is 5.69 Å². The number of amides is 2. The highest BCUT2D eigenvalue weighted by atomic mass is 79.9. The smallest absolute Gasteiger partial charge is 0.246 e. The minimum absolute atomic E-state index is 0.0877. The van der Waals surface area contributed by atoms with Crippen LogP contribution in [-0.4, -0.2) is 17.9 Å². The predicted molar refractivity (Wildman–Crippen MR) is 68.9 cm³/mol. The van der Waals surface area contributed by atoms with Crippen molar-refractivity contribution >= 4 is 45.0 Å². The van der Waals surface area contributed by atoms with E-state index in [1.54, 1.807) is 18.2 Å². The van der Waals surface area contributed by atoms with Crippen molar-refractivity contribution in [1.82, 2.24) is 5.32 Å². The molecule has 6 heteroatoms. The molecule has 1 aromatic rings. The average Bonchev–Trinajstić information content (AvgIpc) is 2.72. The monoisotopic (exact) mass is 316 g/mol. The van der Waals surface area contributed by atoms with Gasteiger partial charge in [0.15, 0.2) is 0 Å². The second kappa shape index (κ2) is 5.06. The molecule has 0 aliphatic carbocycles. The van der Waals surface area contributed by atoms with Crippen molar-refractivity contribution in [2.75, 3.05) is 5.32 Å². The second-order valence-corrected chi connectivity index (χ2v) is 4.95. The Bertz CT molecular complexity index is 479. The van der Waals surface area contributed by atoms with Gasteiger partial charge in [-0.25, -0.2) is 0 Å². The summed E-state index contributed by atoms with van der Waals surface area (Å²) in [4.78, 5) is 22.8. The van der Waals surface area contributed by atoms with Gasteiger partial charge in [0, 0.05) is 6.42 Å². The largest absolute Gasteiger partial charge is 0.344 e. The van der Waals surface area contributed by atoms with Crippen LogP contribution < -0.4 is 10.6 Å². The Kier molecular flexibility index (Phi) is 3.69. The Morgan fingerprint density at radius 2 is 2.29 bits per heavy atom. The Balaban J connectivity index is 2.08. The summed E-state index contributed by atoms with van der Waals surface area (Å²) in [7, 11) is 0. The topological polar surface area (TPSA) is 58.2 Å². The number of carbonyl (C=O) groups excluding carboxylic acids is 2. The van der Waals surface area contributed by atoms with Gasteiger partial charge in [-0.1, -0.05) is 17.7 Å². The molecule has 90 valence electrons. The van der Waals surface area contributed by atoms with E-state index in [4.69, 9.17) is 11.6 Å². The van der Waals surface area contributed by atoms with Gasteiger partial charge in [0.2, 0.25) is 11.8 Å². The molecule has 17 heavy (non-hydrogen) atoms. The second-order valence-electron chi connectivity index (χ2n) is 3.75. The molecule has 0 bridgehead atoms. The maximum absolute atomic E-state index is 11.8. The van der Waals surface area contributed by atoms with Crippen LogP contribution in [0.25, 0.3) is 0 Å². The van der Waals surface area contributed by atoms with Gasteiger partial charge in [-0.05, 0) is 34.5 Å². The molecule has 1 aliphatic heterocycles. The molecule has 0 aromatic heterocycles. The summed E-state index contributed by atoms with van der Waals surface area (Å²) in [6.45, 7) is 0. The summed E-state index contributed by atoms with van der Waals surface area (Å²) in [5.74, 6) is -0.311. The molecular formula is C11H10BrClN2O2. The van der Waals surface area contributed by atoms with Crippen LogP contribution in [0.1, 0.15) is 12.8 Å². The quantitative estimate of drug-likeness (QED) is 0.879. The molecule has 0 radical (unpaired) electrons. The molecular weight excluding hydrogens is 307 g/mol. The Labute approximate surface area is 112 Å². The van der Waals surface area contributed by atoms with Gasteiger partial charge >= 0.3 is 0 Å². The Morgan fingerprint density at radius 3 is 2.94 bits per heavy atom. The van der Waals surface area contributed by atoms with Crippen LogP contribution in [0.15, 0.2) is 22.7 Å². The van der Waals surface area contributed by atoms with Crippen LogP contribution in [0.3, 0.4) is 0 Å². The fraction of sp³-hybridized carbons (Fsp3) is 0.273. The molecule has 0 spiro atoms. The standard InChI is InChI=1S/C11H10BrClN2O2/c12-10-6(13)2-1-3-7(10)15-11(17)8-4-5-9(16)14-8/h1-3,8H,4-5H2,(H,14,16)(H,15,17)/t8-/m1/s1. The molecule has 1 aliphatic rings. The normalized spacial score (nSPS) is 18.9. The first-order valence-electron chi connectivity index (χ1n) is 5.12. The summed E-state index contributed by atoms with van der Waals surface area (Å²) in [6, 6.07) is 4.76. The van der Waals surface area contributed by atoms with E-state index in [2.05, 4.69) is 26.6 Å². The number of anilines is 1. The van der Waals surface area contributed by atoms with E-state index in [1.807, 2.05) is 0 Å². The van der Waals surface area contributed by atoms with Crippen LogP contribution in [-0.2, 0) is 9.59 Å². The van der Waals surface area contributed by atoms with E-state index < -0.39 is 6.04 Å². The highest BCUT2D eigenvalue weighted by Crippen LogP contribution is 2.30. The van der Waals surface area contributed by atoms with Crippen molar-refractivity contribution in [2.24, 2.45) is 0 Å². The van der Waals surface area contributed by atoms with Crippen molar-refractivity contribution in [3.8, 4) is 0 Å². The molecule has 0 saturated carbocycles. The van der Waals surface area contributed by atoms with Crippen molar-refractivity contribution in [3.63, 3.8) is 0 Å². The lowest BCUT2D eigenvalue weighted by Gasteiger charge is -2.12. The molecule has 1 aromatic carbocycles. The van der Waals surface area contributed by atoms with Gasteiger partial charge in [-0.3, -0.25) is 9.59 Å². The molecule has 1 saturated heterocycles. The fourth-order valence-corrected chi connectivity index (χ4v) is 2.17. The number of hydrogen-bond acceptors (Lipinski definition) is 2. The third-order valence-electron chi connectivity index (χ3n) is 2.52. The first kappa shape index (κ1) is 12.4. The Morgan fingerprint density at radius 1 is 1.53 bits per heavy atom. The molecule has 2 amide bonds. The lowest BCUT2D eigenvalue weighted by Crippen LogP contribution is -2.37. The predicted octanol–water partition coefficient (Wildman–Crippen LogP) is 2.32. The highest BCUT2D eigenvalue weighted by Gasteiger charge is 2.27. The van der Waals surface area contributed by atoms with Crippen molar-refractivity contribution in [2.45, 2.75) is 18.9 Å². The first-order chi connectivity index (χ1) is 8.08. The minimum Gasteiger partial charge on any atom is -0.344 e. The number of halogens is 2. The third-order valence-corrected chi connectivity index (χ3v) is 3.92. The van der Waals surface area contributed by atoms with Gasteiger partial charge in [-0.15, -0.1) is 0 Å². The molecule has 4 nitrogen and oxygen atoms in total. The fourth-order valence-electron chi connectivity index (χ4n) is 1.63. The molecule has 1 fully saturated rings. The summed E-state index contributed by atoms with van der Waals surface area (Å²) < 4.78 is 0.638. The SMILES string of the molecule is O=C1CC[C@H](C(=O)Nc2cccc(Cl)c2Br)N1. The zero-order chi connectivity index (χ0) is 12.4. The Hall–Kier alpha value is -1.07. The average molecular weight is 318 g/mol. The number of carbonyl (C=O) groups is 2. The molecule has 0 unspecified atom stereocenters. The first-order valence-corrected chi connectivity index (χ1v) is 6.29. The van der Waals surface area contributed by atoms with Crippen LogP contribution in [0.2, 0.25) is 5.02 Å². The van der Waals surface area contributed by atoms with Crippen molar-refractivity contribution in [3.05, 3.63) is 27.7 Å². The van der Waals surface area contributed by atoms with E-state index in [0.717, 1.165) is 0 Å². The van der Waals surface area contributed by atoms with E-state index in [-0.39, 0.29) is 11.8 Å². The molecule has 2 N–H and O–H groups in total. The van der Waals surface area contributed by atoms with Crippen molar-refractivity contribution in [1.29, 1.82) is 0 Å². The van der Waals surface area contributed by atoms with Crippen LogP contribution in [0, 0.1) is 0 Å². The molecule has 1 heterocycles. The third kappa shape index (κ3) is 2.79. The van der Waals surface area contributed by atoms with E-state index in [9.17, 15) is 9.59 Å². The highest BCUT2D eigenvalue weighted by molar-refractivity contribution is 9.10. The van der Waals surface area contributed by atoms with Crippen LogP contribution in [0.5, 0.6) is 0 Å². The van der Waals surface area contributed by atoms with Crippen LogP contribution >= 0.6 is 27.5 Å². The van der Waals surface area contributed by atoms with Crippen molar-refractivity contribution < 1.29 is 9.59 Å². The lowest BCUT2D eigenvalue weighted by atomic mass is 10.2. The maximum atomic E-state index is 11.8. The minimum atomic E-state index is -0.451. The maximum Gasteiger partial charge on any atom is 0.246 e. The zero-order valence-electron chi connectivity index (χ0n) is 8.80. The van der Waals surface area contributed by atoms with Gasteiger partial charge in [0.25, 0.3) is 0 Å². The molecule has 2 rings (SSSR count). The summed E-state index contributed by atoms with van der Waals surface area (Å²) in [6.07, 6.45) is 0.928. The van der Waals surface area contributed by atoms with Gasteiger partial charge < -0.3 is 10.6 Å². The van der Waals surface area contributed by atoms with Gasteiger partial charge in [0.05, 0.1) is 15.2 Å². The summed E-state index contributed by atoms with van der Waals surface area (Å²) in [5, 5.41) is 5.86. The van der Waals surface area contributed by atoms with Gasteiger partial charge in [-0.2, -0.15) is 0 Å². The summed E-state index contributed by atoms with van der Waals surface area (Å²) in [5.41, 5.74) is 0.601. The zero-order valence-corrected chi connectivity index (χ0v) is 11.1. The summed E-state index contributed by atoms with van der Waals surface area (Å²) >= 11 is 9.21. The van der Waals surface area contributed by atoms with E-state index >= 15 is 0 Å². The number of benzene rings is 1. The number of hydrogen-bond donors (Lipinski definition) is 2. The van der Waals surface area contributed by atoms with E-state index in [1.165, 1.54) is 0 Å². The van der Waals surface area contributed by atoms with Gasteiger partial charge in [0.1, 0.15) is 6.04 Å². The number of nitrogens with one attached hydrogen (secondary N) is 2. The number of rotatable bonds is 2. The molecule has 1 atom stereocenters. The lowest BCUT2D eigenvalue weighted by molar-refractivity contribution is -0.122.